The third-order valence-corrected chi connectivity index (χ3v) is 5.42. The summed E-state index contributed by atoms with van der Waals surface area (Å²) in [6, 6.07) is 25.8. The quantitative estimate of drug-likeness (QED) is 0.338. The Morgan fingerprint density at radius 3 is 2.42 bits per heavy atom. The Bertz CT molecular complexity index is 1300. The molecule has 4 aromatic rings. The van der Waals surface area contributed by atoms with Crippen LogP contribution in [0.2, 0.25) is 0 Å². The van der Waals surface area contributed by atoms with Gasteiger partial charge in [-0.2, -0.15) is 0 Å². The third-order valence-electron chi connectivity index (χ3n) is 5.42. The standard InChI is InChI=1S/C28H24FNO3/c1-2-33-27(31)15-13-19-12-14-25(29)26(16-19)30-28(32)24-18-22(20-8-4-3-5-9-20)17-21-10-6-7-11-23(21)24/h3-12,14,16-18H,2,13,15H2,1H3,(H,30,32). The molecule has 4 nitrogen and oxygen atoms in total. The molecule has 0 aliphatic heterocycles. The van der Waals surface area contributed by atoms with Gasteiger partial charge in [-0.25, -0.2) is 4.39 Å². The van der Waals surface area contributed by atoms with Gasteiger partial charge in [0.2, 0.25) is 0 Å². The predicted molar refractivity (Wildman–Crippen MR) is 129 cm³/mol. The second-order valence-electron chi connectivity index (χ2n) is 7.68. The molecule has 4 aromatic carbocycles. The van der Waals surface area contributed by atoms with Gasteiger partial charge in [0.15, 0.2) is 0 Å². The molecule has 0 aromatic heterocycles. The maximum atomic E-state index is 14.5. The minimum Gasteiger partial charge on any atom is -0.466 e. The summed E-state index contributed by atoms with van der Waals surface area (Å²) < 4.78 is 19.5. The van der Waals surface area contributed by atoms with Gasteiger partial charge >= 0.3 is 5.97 Å². The SMILES string of the molecule is CCOC(=O)CCc1ccc(F)c(NC(=O)c2cc(-c3ccccc3)cc3ccccc23)c1. The summed E-state index contributed by atoms with van der Waals surface area (Å²) in [5, 5.41) is 4.43. The van der Waals surface area contributed by atoms with E-state index in [2.05, 4.69) is 5.32 Å². The number of amides is 1. The van der Waals surface area contributed by atoms with Gasteiger partial charge in [0.05, 0.1) is 12.3 Å². The van der Waals surface area contributed by atoms with Crippen molar-refractivity contribution in [1.29, 1.82) is 0 Å². The van der Waals surface area contributed by atoms with Crippen LogP contribution in [0.4, 0.5) is 10.1 Å². The minimum atomic E-state index is -0.535. The fraction of sp³-hybridized carbons (Fsp3) is 0.143. The molecule has 0 bridgehead atoms. The lowest BCUT2D eigenvalue weighted by molar-refractivity contribution is -0.143. The van der Waals surface area contributed by atoms with Gasteiger partial charge in [0, 0.05) is 12.0 Å². The molecule has 1 amide bonds. The number of carbonyl (C=O) groups excluding carboxylic acids is 2. The first-order chi connectivity index (χ1) is 16.0. The number of hydrogen-bond donors (Lipinski definition) is 1. The van der Waals surface area contributed by atoms with Gasteiger partial charge in [-0.1, -0.05) is 60.7 Å². The highest BCUT2D eigenvalue weighted by molar-refractivity contribution is 6.14. The van der Waals surface area contributed by atoms with Crippen LogP contribution < -0.4 is 5.32 Å². The summed E-state index contributed by atoms with van der Waals surface area (Å²) >= 11 is 0. The number of esters is 1. The number of benzene rings is 4. The van der Waals surface area contributed by atoms with E-state index >= 15 is 0 Å². The Morgan fingerprint density at radius 1 is 0.879 bits per heavy atom. The number of carbonyl (C=O) groups is 2. The molecule has 0 unspecified atom stereocenters. The monoisotopic (exact) mass is 441 g/mol. The molecule has 0 saturated carbocycles. The molecule has 33 heavy (non-hydrogen) atoms. The highest BCUT2D eigenvalue weighted by atomic mass is 19.1. The molecule has 0 spiro atoms. The average Bonchev–Trinajstić information content (AvgIpc) is 2.84. The first kappa shape index (κ1) is 22.2. The fourth-order valence-electron chi connectivity index (χ4n) is 3.79. The van der Waals surface area contributed by atoms with Crippen LogP contribution in [0.1, 0.15) is 29.3 Å². The van der Waals surface area contributed by atoms with Crippen molar-refractivity contribution >= 4 is 28.3 Å². The van der Waals surface area contributed by atoms with Gasteiger partial charge in [-0.05, 0) is 65.1 Å². The van der Waals surface area contributed by atoms with E-state index in [4.69, 9.17) is 4.74 Å². The van der Waals surface area contributed by atoms with Crippen LogP contribution in [-0.2, 0) is 16.0 Å². The molecular weight excluding hydrogens is 417 g/mol. The molecule has 4 rings (SSSR count). The number of rotatable bonds is 7. The van der Waals surface area contributed by atoms with Crippen molar-refractivity contribution in [3.05, 3.63) is 102 Å². The van der Waals surface area contributed by atoms with Crippen molar-refractivity contribution < 1.29 is 18.7 Å². The Morgan fingerprint density at radius 2 is 1.64 bits per heavy atom. The lowest BCUT2D eigenvalue weighted by Crippen LogP contribution is -2.14. The molecule has 5 heteroatoms. The molecule has 0 heterocycles. The molecule has 1 N–H and O–H groups in total. The van der Waals surface area contributed by atoms with Crippen LogP contribution in [0.25, 0.3) is 21.9 Å². The van der Waals surface area contributed by atoms with Crippen molar-refractivity contribution in [2.75, 3.05) is 11.9 Å². The van der Waals surface area contributed by atoms with Gasteiger partial charge in [-0.15, -0.1) is 0 Å². The number of anilines is 1. The van der Waals surface area contributed by atoms with Gasteiger partial charge < -0.3 is 10.1 Å². The molecular formula is C28H24FNO3. The van der Waals surface area contributed by atoms with E-state index in [-0.39, 0.29) is 18.1 Å². The number of hydrogen-bond acceptors (Lipinski definition) is 3. The zero-order valence-corrected chi connectivity index (χ0v) is 18.3. The number of nitrogens with one attached hydrogen (secondary N) is 1. The van der Waals surface area contributed by atoms with Gasteiger partial charge in [0.1, 0.15) is 5.82 Å². The molecule has 0 saturated heterocycles. The Hall–Kier alpha value is -3.99. The van der Waals surface area contributed by atoms with Gasteiger partial charge in [-0.3, -0.25) is 9.59 Å². The van der Waals surface area contributed by atoms with Crippen LogP contribution in [-0.4, -0.2) is 18.5 Å². The zero-order valence-electron chi connectivity index (χ0n) is 18.3. The van der Waals surface area contributed by atoms with E-state index in [0.717, 1.165) is 27.5 Å². The van der Waals surface area contributed by atoms with E-state index in [0.29, 0.717) is 18.6 Å². The maximum Gasteiger partial charge on any atom is 0.306 e. The van der Waals surface area contributed by atoms with Crippen molar-refractivity contribution in [3.63, 3.8) is 0 Å². The fourth-order valence-corrected chi connectivity index (χ4v) is 3.79. The minimum absolute atomic E-state index is 0.0792. The van der Waals surface area contributed by atoms with Crippen molar-refractivity contribution in [3.8, 4) is 11.1 Å². The van der Waals surface area contributed by atoms with Crippen molar-refractivity contribution in [2.45, 2.75) is 19.8 Å². The smallest absolute Gasteiger partial charge is 0.306 e. The Balaban J connectivity index is 1.64. The summed E-state index contributed by atoms with van der Waals surface area (Å²) in [5.74, 6) is -1.24. The van der Waals surface area contributed by atoms with Crippen LogP contribution in [0.5, 0.6) is 0 Å². The van der Waals surface area contributed by atoms with Crippen LogP contribution in [0, 0.1) is 5.82 Å². The highest BCUT2D eigenvalue weighted by Crippen LogP contribution is 2.29. The highest BCUT2D eigenvalue weighted by Gasteiger charge is 2.15. The average molecular weight is 442 g/mol. The van der Waals surface area contributed by atoms with Gasteiger partial charge in [0.25, 0.3) is 5.91 Å². The van der Waals surface area contributed by atoms with Crippen molar-refractivity contribution in [2.24, 2.45) is 0 Å². The summed E-state index contributed by atoms with van der Waals surface area (Å²) in [6.07, 6.45) is 0.588. The van der Waals surface area contributed by atoms with Crippen LogP contribution in [0.3, 0.4) is 0 Å². The predicted octanol–water partition coefficient (Wildman–Crippen LogP) is 6.39. The summed E-state index contributed by atoms with van der Waals surface area (Å²) in [4.78, 5) is 24.9. The first-order valence-corrected chi connectivity index (χ1v) is 10.9. The number of ether oxygens (including phenoxy) is 1. The molecule has 0 fully saturated rings. The number of fused-ring (bicyclic) bond motifs is 1. The largest absolute Gasteiger partial charge is 0.466 e. The number of aryl methyl sites for hydroxylation is 1. The first-order valence-electron chi connectivity index (χ1n) is 10.9. The van der Waals surface area contributed by atoms with E-state index in [1.807, 2.05) is 66.7 Å². The molecule has 0 aliphatic carbocycles. The lowest BCUT2D eigenvalue weighted by Gasteiger charge is -2.13. The topological polar surface area (TPSA) is 55.4 Å². The van der Waals surface area contributed by atoms with Crippen LogP contribution >= 0.6 is 0 Å². The van der Waals surface area contributed by atoms with E-state index < -0.39 is 11.7 Å². The van der Waals surface area contributed by atoms with E-state index in [1.54, 1.807) is 19.1 Å². The summed E-state index contributed by atoms with van der Waals surface area (Å²) in [7, 11) is 0. The maximum absolute atomic E-state index is 14.5. The lowest BCUT2D eigenvalue weighted by atomic mass is 9.96. The molecule has 0 radical (unpaired) electrons. The Labute approximate surface area is 192 Å². The molecule has 0 aliphatic rings. The van der Waals surface area contributed by atoms with Crippen LogP contribution in [0.15, 0.2) is 84.9 Å². The molecule has 0 atom stereocenters. The summed E-state index contributed by atoms with van der Waals surface area (Å²) in [5.41, 5.74) is 3.18. The van der Waals surface area contributed by atoms with Crippen molar-refractivity contribution in [1.82, 2.24) is 0 Å². The van der Waals surface area contributed by atoms with E-state index in [9.17, 15) is 14.0 Å². The number of halogens is 1. The second-order valence-corrected chi connectivity index (χ2v) is 7.68. The zero-order chi connectivity index (χ0) is 23.2. The Kier molecular flexibility index (Phi) is 6.79. The normalized spacial score (nSPS) is 10.7. The van der Waals surface area contributed by atoms with E-state index in [1.165, 1.54) is 6.07 Å². The third kappa shape index (κ3) is 5.26. The summed E-state index contributed by atoms with van der Waals surface area (Å²) in [6.45, 7) is 2.07. The second kappa shape index (κ2) is 10.1. The molecule has 166 valence electrons.